The van der Waals surface area contributed by atoms with Crippen LogP contribution in [0.1, 0.15) is 34.6 Å². The molecule has 1 N–H and O–H groups in total. The number of alkyl halides is 4. The van der Waals surface area contributed by atoms with Crippen molar-refractivity contribution >= 4 is 23.5 Å². The van der Waals surface area contributed by atoms with E-state index >= 15 is 0 Å². The van der Waals surface area contributed by atoms with E-state index in [1.54, 1.807) is 20.8 Å². The second-order valence-electron chi connectivity index (χ2n) is 5.75. The normalized spacial score (nSPS) is 16.6. The van der Waals surface area contributed by atoms with Crippen molar-refractivity contribution in [2.75, 3.05) is 5.88 Å². The molecule has 3 atom stereocenters. The van der Waals surface area contributed by atoms with Crippen LogP contribution in [0, 0.1) is 0 Å². The van der Waals surface area contributed by atoms with Gasteiger partial charge in [-0.05, 0) is 34.6 Å². The quantitative estimate of drug-likeness (QED) is 0.750. The summed E-state index contributed by atoms with van der Waals surface area (Å²) >= 11 is 5.41. The molecule has 0 aliphatic heterocycles. The summed E-state index contributed by atoms with van der Waals surface area (Å²) in [5, 5.41) is 2.19. The summed E-state index contributed by atoms with van der Waals surface area (Å²) in [6, 6.07) is -1.34. The Hall–Kier alpha value is -1.02. The summed E-state index contributed by atoms with van der Waals surface area (Å²) in [6.45, 7) is 6.88. The average molecular weight is 348 g/mol. The first-order chi connectivity index (χ1) is 9.77. The first kappa shape index (κ1) is 21.0. The van der Waals surface area contributed by atoms with Gasteiger partial charge in [-0.15, -0.1) is 11.6 Å². The second kappa shape index (κ2) is 8.01. The molecule has 0 heterocycles. The first-order valence-corrected chi connectivity index (χ1v) is 7.11. The van der Waals surface area contributed by atoms with Crippen LogP contribution in [-0.4, -0.2) is 47.8 Å². The highest BCUT2D eigenvalue weighted by Gasteiger charge is 2.40. The molecule has 0 aliphatic carbocycles. The zero-order valence-electron chi connectivity index (χ0n) is 13.1. The fourth-order valence-corrected chi connectivity index (χ4v) is 1.62. The minimum absolute atomic E-state index is 0.478. The molecule has 5 nitrogen and oxygen atoms in total. The molecular weight excluding hydrogens is 327 g/mol. The minimum Gasteiger partial charge on any atom is -0.444 e. The molecule has 0 aromatic heterocycles. The molecule has 1 amide bonds. The Morgan fingerprint density at radius 2 is 1.68 bits per heavy atom. The summed E-state index contributed by atoms with van der Waals surface area (Å²) in [5.41, 5.74) is -0.817. The van der Waals surface area contributed by atoms with E-state index in [0.29, 0.717) is 0 Å². The van der Waals surface area contributed by atoms with E-state index < -0.39 is 47.8 Å². The topological polar surface area (TPSA) is 64.6 Å². The van der Waals surface area contributed by atoms with Gasteiger partial charge in [0.05, 0.1) is 12.0 Å². The third-order valence-corrected chi connectivity index (χ3v) is 2.76. The first-order valence-electron chi connectivity index (χ1n) is 6.58. The van der Waals surface area contributed by atoms with E-state index in [-0.39, 0.29) is 0 Å². The highest BCUT2D eigenvalue weighted by Crippen LogP contribution is 2.24. The van der Waals surface area contributed by atoms with Gasteiger partial charge in [-0.25, -0.2) is 4.79 Å². The van der Waals surface area contributed by atoms with Crippen LogP contribution in [0.5, 0.6) is 0 Å². The molecule has 0 aromatic carbocycles. The predicted molar refractivity (Wildman–Crippen MR) is 74.9 cm³/mol. The number of nitrogens with one attached hydrogen (secondary N) is 1. The largest absolute Gasteiger partial charge is 0.444 e. The molecule has 0 spiro atoms. The average Bonchev–Trinajstić information content (AvgIpc) is 2.31. The lowest BCUT2D eigenvalue weighted by molar-refractivity contribution is -0.227. The number of hydrogen-bond acceptors (Lipinski definition) is 4. The van der Waals surface area contributed by atoms with Gasteiger partial charge in [-0.3, -0.25) is 4.79 Å². The molecule has 0 radical (unpaired) electrons. The van der Waals surface area contributed by atoms with Crippen LogP contribution in [-0.2, 0) is 14.3 Å². The zero-order valence-corrected chi connectivity index (χ0v) is 13.8. The lowest BCUT2D eigenvalue weighted by Crippen LogP contribution is -2.52. The number of carbonyl (C=O) groups is 2. The lowest BCUT2D eigenvalue weighted by atomic mass is 10.1. The maximum atomic E-state index is 12.5. The summed E-state index contributed by atoms with van der Waals surface area (Å²) in [7, 11) is 0. The molecule has 9 heteroatoms. The van der Waals surface area contributed by atoms with Gasteiger partial charge in [0.15, 0.2) is 11.9 Å². The van der Waals surface area contributed by atoms with Crippen LogP contribution in [0.25, 0.3) is 0 Å². The van der Waals surface area contributed by atoms with E-state index in [0.717, 1.165) is 6.92 Å². The van der Waals surface area contributed by atoms with Crippen LogP contribution < -0.4 is 5.32 Å². The van der Waals surface area contributed by atoms with E-state index in [2.05, 4.69) is 5.32 Å². The zero-order chi connectivity index (χ0) is 17.7. The van der Waals surface area contributed by atoms with Crippen LogP contribution >= 0.6 is 11.6 Å². The molecule has 0 aromatic rings. The Morgan fingerprint density at radius 1 is 1.18 bits per heavy atom. The van der Waals surface area contributed by atoms with E-state index in [9.17, 15) is 22.8 Å². The number of carbonyl (C=O) groups excluding carboxylic acids is 2. The molecule has 22 heavy (non-hydrogen) atoms. The van der Waals surface area contributed by atoms with E-state index in [4.69, 9.17) is 21.1 Å². The van der Waals surface area contributed by atoms with Gasteiger partial charge in [-0.2, -0.15) is 13.2 Å². The van der Waals surface area contributed by atoms with Gasteiger partial charge in [0.25, 0.3) is 0 Å². The van der Waals surface area contributed by atoms with Crippen molar-refractivity contribution in [3.05, 3.63) is 0 Å². The highest BCUT2D eigenvalue weighted by atomic mass is 35.5. The summed E-state index contributed by atoms with van der Waals surface area (Å²) < 4.78 is 47.2. The van der Waals surface area contributed by atoms with Crippen LogP contribution in [0.15, 0.2) is 0 Å². The monoisotopic (exact) mass is 347 g/mol. The predicted octanol–water partition coefficient (Wildman–Crippen LogP) is 3.04. The Balaban J connectivity index is 4.91. The molecule has 0 bridgehead atoms. The number of ketones is 1. The maximum Gasteiger partial charge on any atom is 0.414 e. The van der Waals surface area contributed by atoms with Crippen molar-refractivity contribution in [3.8, 4) is 0 Å². The van der Waals surface area contributed by atoms with Crippen molar-refractivity contribution in [2.45, 2.75) is 64.6 Å². The fourth-order valence-electron chi connectivity index (χ4n) is 1.45. The van der Waals surface area contributed by atoms with Crippen molar-refractivity contribution < 1.29 is 32.2 Å². The van der Waals surface area contributed by atoms with E-state index in [1.165, 1.54) is 6.92 Å². The minimum atomic E-state index is -4.57. The van der Waals surface area contributed by atoms with Gasteiger partial charge >= 0.3 is 12.3 Å². The highest BCUT2D eigenvalue weighted by molar-refractivity contribution is 6.28. The number of Topliss-reactive ketones (excluding diaryl/α,β-unsaturated/α-hetero) is 1. The number of hydrogen-bond donors (Lipinski definition) is 1. The molecular formula is C13H21ClF3NO4. The van der Waals surface area contributed by atoms with Gasteiger partial charge in [0.1, 0.15) is 11.6 Å². The van der Waals surface area contributed by atoms with Crippen molar-refractivity contribution in [2.24, 2.45) is 0 Å². The Morgan fingerprint density at radius 3 is 2.05 bits per heavy atom. The van der Waals surface area contributed by atoms with Gasteiger partial charge in [0.2, 0.25) is 0 Å². The molecule has 130 valence electrons. The summed E-state index contributed by atoms with van der Waals surface area (Å²) in [5.74, 6) is -1.15. The van der Waals surface area contributed by atoms with Crippen LogP contribution in [0.2, 0.25) is 0 Å². The van der Waals surface area contributed by atoms with Gasteiger partial charge in [0, 0.05) is 0 Å². The van der Waals surface area contributed by atoms with Gasteiger partial charge in [-0.1, -0.05) is 0 Å². The molecule has 0 saturated carbocycles. The Kier molecular flexibility index (Phi) is 7.64. The van der Waals surface area contributed by atoms with E-state index in [1.807, 2.05) is 0 Å². The molecule has 0 aliphatic rings. The fraction of sp³-hybridized carbons (Fsp3) is 0.846. The smallest absolute Gasteiger partial charge is 0.414 e. The lowest BCUT2D eigenvalue weighted by Gasteiger charge is -2.28. The standard InChI is InChI=1S/C13H21ClF3NO4/c1-7(21-8(2)13(15,16)17)10(9(19)6-14)18-11(20)22-12(3,4)5/h7-8,10H,6H2,1-5H3,(H,18,20)/t7-,8-,10+/m1/s1. The SMILES string of the molecule is C[C@@H](O[C@H](C)C(F)(F)F)[C@H](NC(=O)OC(C)(C)C)C(=O)CCl. The third kappa shape index (κ3) is 7.84. The summed E-state index contributed by atoms with van der Waals surface area (Å²) in [6.07, 6.45) is -8.83. The molecule has 0 fully saturated rings. The van der Waals surface area contributed by atoms with Crippen LogP contribution in [0.3, 0.4) is 0 Å². The Bertz CT molecular complexity index is 396. The number of ether oxygens (including phenoxy) is 2. The number of halogens is 4. The summed E-state index contributed by atoms with van der Waals surface area (Å²) in [4.78, 5) is 23.4. The number of alkyl carbamates (subject to hydrolysis) is 1. The Labute approximate surface area is 132 Å². The van der Waals surface area contributed by atoms with Crippen LogP contribution in [0.4, 0.5) is 18.0 Å². The van der Waals surface area contributed by atoms with Gasteiger partial charge < -0.3 is 14.8 Å². The molecule has 0 unspecified atom stereocenters. The van der Waals surface area contributed by atoms with Crippen molar-refractivity contribution in [1.29, 1.82) is 0 Å². The molecule has 0 saturated heterocycles. The van der Waals surface area contributed by atoms with Crippen molar-refractivity contribution in [3.63, 3.8) is 0 Å². The molecule has 0 rings (SSSR count). The third-order valence-electron chi connectivity index (χ3n) is 2.50. The number of amides is 1. The second-order valence-corrected chi connectivity index (χ2v) is 6.02. The van der Waals surface area contributed by atoms with Crippen molar-refractivity contribution in [1.82, 2.24) is 5.32 Å². The number of rotatable bonds is 6. The maximum absolute atomic E-state index is 12.5.